The molecule has 0 atom stereocenters. The zero-order valence-corrected chi connectivity index (χ0v) is 14.5. The Kier molecular flexibility index (Phi) is 4.40. The van der Waals surface area contributed by atoms with Crippen LogP contribution in [0.25, 0.3) is 20.8 Å². The van der Waals surface area contributed by atoms with Crippen molar-refractivity contribution in [2.24, 2.45) is 0 Å². The molecule has 3 N–H and O–H groups in total. The van der Waals surface area contributed by atoms with Gasteiger partial charge in [0, 0.05) is 17.8 Å². The molecule has 3 aromatic heterocycles. The number of alkyl halides is 2. The maximum absolute atomic E-state index is 12.6. The van der Waals surface area contributed by atoms with E-state index >= 15 is 0 Å². The topological polar surface area (TPSA) is 65.6 Å². The summed E-state index contributed by atoms with van der Waals surface area (Å²) >= 11 is 1.49. The predicted octanol–water partition coefficient (Wildman–Crippen LogP) is 4.57. The lowest BCUT2D eigenvalue weighted by molar-refractivity contribution is 0.163. The molecule has 0 fully saturated rings. The molecule has 3 rings (SSSR count). The van der Waals surface area contributed by atoms with E-state index < -0.39 is 13.0 Å². The number of fused-ring (bicyclic) bond motifs is 1. The van der Waals surface area contributed by atoms with Crippen molar-refractivity contribution >= 4 is 33.1 Å². The van der Waals surface area contributed by atoms with Crippen molar-refractivity contribution in [3.63, 3.8) is 0 Å². The van der Waals surface area contributed by atoms with Gasteiger partial charge in [0.15, 0.2) is 0 Å². The summed E-state index contributed by atoms with van der Waals surface area (Å²) < 4.78 is 26.1. The van der Waals surface area contributed by atoms with Crippen LogP contribution in [0.4, 0.5) is 20.3 Å². The van der Waals surface area contributed by atoms with Crippen LogP contribution in [0.1, 0.15) is 20.8 Å². The van der Waals surface area contributed by atoms with E-state index in [-0.39, 0.29) is 5.54 Å². The molecular formula is C16H19F2N5S. The monoisotopic (exact) mass is 351 g/mol. The van der Waals surface area contributed by atoms with Crippen LogP contribution in [0.3, 0.4) is 0 Å². The molecule has 0 amide bonds. The number of nitrogens with one attached hydrogen (secondary N) is 3. The summed E-state index contributed by atoms with van der Waals surface area (Å²) in [7, 11) is 0. The number of H-pyrrole nitrogens is 1. The van der Waals surface area contributed by atoms with Gasteiger partial charge in [-0.05, 0) is 32.9 Å². The molecule has 0 aliphatic carbocycles. The molecule has 8 heteroatoms. The predicted molar refractivity (Wildman–Crippen MR) is 95.1 cm³/mol. The second kappa shape index (κ2) is 6.35. The number of aromatic nitrogens is 3. The largest absolute Gasteiger partial charge is 0.378 e. The van der Waals surface area contributed by atoms with Crippen LogP contribution in [0, 0.1) is 0 Å². The quantitative estimate of drug-likeness (QED) is 0.630. The standard InChI is InChI=1S/C16H19F2N5S/c1-16(2,3)22-14-7-10(19-8-13(17)18)15-11(21-14)6-12(24-15)9-4-5-20-23-9/h4-7,13H,8H2,1-3H3,(H,20,23)(H2,19,21,22). The van der Waals surface area contributed by atoms with Gasteiger partial charge in [-0.15, -0.1) is 11.3 Å². The zero-order chi connectivity index (χ0) is 17.3. The van der Waals surface area contributed by atoms with Crippen molar-refractivity contribution < 1.29 is 8.78 Å². The van der Waals surface area contributed by atoms with E-state index in [1.54, 1.807) is 12.3 Å². The number of anilines is 2. The Bertz CT molecular complexity index is 821. The number of hydrogen-bond donors (Lipinski definition) is 3. The van der Waals surface area contributed by atoms with Crippen LogP contribution in [-0.4, -0.2) is 33.7 Å². The van der Waals surface area contributed by atoms with Crippen LogP contribution in [0.2, 0.25) is 0 Å². The lowest BCUT2D eigenvalue weighted by Gasteiger charge is -2.22. The van der Waals surface area contributed by atoms with Crippen molar-refractivity contribution in [2.75, 3.05) is 17.2 Å². The molecular weight excluding hydrogens is 332 g/mol. The summed E-state index contributed by atoms with van der Waals surface area (Å²) in [5, 5.41) is 13.0. The van der Waals surface area contributed by atoms with Crippen molar-refractivity contribution in [2.45, 2.75) is 32.7 Å². The molecule has 0 bridgehead atoms. The second-order valence-electron chi connectivity index (χ2n) is 6.50. The summed E-state index contributed by atoms with van der Waals surface area (Å²) in [5.74, 6) is 0.653. The fraction of sp³-hybridized carbons (Fsp3) is 0.375. The minimum absolute atomic E-state index is 0.178. The van der Waals surface area contributed by atoms with E-state index in [0.29, 0.717) is 11.5 Å². The molecule has 3 heterocycles. The zero-order valence-electron chi connectivity index (χ0n) is 13.7. The van der Waals surface area contributed by atoms with Gasteiger partial charge < -0.3 is 10.6 Å². The van der Waals surface area contributed by atoms with Gasteiger partial charge in [0.05, 0.1) is 33.0 Å². The Balaban J connectivity index is 2.05. The number of nitrogens with zero attached hydrogens (tertiary/aromatic N) is 2. The second-order valence-corrected chi connectivity index (χ2v) is 7.55. The van der Waals surface area contributed by atoms with Crippen LogP contribution < -0.4 is 10.6 Å². The highest BCUT2D eigenvalue weighted by Crippen LogP contribution is 2.37. The SMILES string of the molecule is CC(C)(C)Nc1cc(NCC(F)F)c2sc(-c3ccn[nH]3)cc2n1. The fourth-order valence-corrected chi connectivity index (χ4v) is 3.38. The highest BCUT2D eigenvalue weighted by atomic mass is 32.1. The molecule has 0 aromatic carbocycles. The van der Waals surface area contributed by atoms with Crippen molar-refractivity contribution in [1.82, 2.24) is 15.2 Å². The molecule has 0 unspecified atom stereocenters. The molecule has 0 aliphatic heterocycles. The van der Waals surface area contributed by atoms with E-state index in [1.165, 1.54) is 11.3 Å². The Morgan fingerprint density at radius 3 is 2.71 bits per heavy atom. The van der Waals surface area contributed by atoms with E-state index in [2.05, 4.69) is 25.8 Å². The van der Waals surface area contributed by atoms with Crippen LogP contribution in [0.15, 0.2) is 24.4 Å². The Hall–Kier alpha value is -2.22. The number of rotatable bonds is 5. The lowest BCUT2D eigenvalue weighted by Crippen LogP contribution is -2.26. The number of halogens is 2. The summed E-state index contributed by atoms with van der Waals surface area (Å²) in [6.45, 7) is 5.67. The van der Waals surface area contributed by atoms with Gasteiger partial charge in [0.1, 0.15) is 5.82 Å². The first-order valence-electron chi connectivity index (χ1n) is 7.56. The van der Waals surface area contributed by atoms with Gasteiger partial charge in [-0.25, -0.2) is 13.8 Å². The number of pyridine rings is 1. The third-order valence-corrected chi connectivity index (χ3v) is 4.39. The molecule has 24 heavy (non-hydrogen) atoms. The Morgan fingerprint density at radius 1 is 1.29 bits per heavy atom. The molecule has 0 saturated carbocycles. The first-order chi connectivity index (χ1) is 11.3. The van der Waals surface area contributed by atoms with Crippen molar-refractivity contribution in [3.8, 4) is 10.6 Å². The third-order valence-electron chi connectivity index (χ3n) is 3.20. The summed E-state index contributed by atoms with van der Waals surface area (Å²) in [6, 6.07) is 5.59. The van der Waals surface area contributed by atoms with E-state index in [1.807, 2.05) is 32.9 Å². The maximum Gasteiger partial charge on any atom is 0.255 e. The molecule has 5 nitrogen and oxygen atoms in total. The van der Waals surface area contributed by atoms with Gasteiger partial charge in [0.25, 0.3) is 6.43 Å². The fourth-order valence-electron chi connectivity index (χ4n) is 2.31. The van der Waals surface area contributed by atoms with Gasteiger partial charge in [0.2, 0.25) is 0 Å². The Labute approximate surface area is 142 Å². The van der Waals surface area contributed by atoms with Crippen LogP contribution >= 0.6 is 11.3 Å². The van der Waals surface area contributed by atoms with E-state index in [4.69, 9.17) is 0 Å². The number of hydrogen-bond acceptors (Lipinski definition) is 5. The maximum atomic E-state index is 12.6. The molecule has 0 spiro atoms. The molecule has 128 valence electrons. The van der Waals surface area contributed by atoms with Crippen molar-refractivity contribution in [1.29, 1.82) is 0 Å². The van der Waals surface area contributed by atoms with Gasteiger partial charge in [-0.3, -0.25) is 5.10 Å². The first-order valence-corrected chi connectivity index (χ1v) is 8.38. The molecule has 0 aliphatic rings. The summed E-state index contributed by atoms with van der Waals surface area (Å²) in [6.07, 6.45) is -0.741. The molecule has 0 saturated heterocycles. The summed E-state index contributed by atoms with van der Waals surface area (Å²) in [4.78, 5) is 5.58. The van der Waals surface area contributed by atoms with Crippen LogP contribution in [0.5, 0.6) is 0 Å². The highest BCUT2D eigenvalue weighted by molar-refractivity contribution is 7.22. The van der Waals surface area contributed by atoms with E-state index in [9.17, 15) is 8.78 Å². The third kappa shape index (κ3) is 3.81. The average molecular weight is 351 g/mol. The lowest BCUT2D eigenvalue weighted by atomic mass is 10.1. The first kappa shape index (κ1) is 16.6. The minimum Gasteiger partial charge on any atom is -0.378 e. The average Bonchev–Trinajstić information content (AvgIpc) is 3.11. The minimum atomic E-state index is -2.42. The Morgan fingerprint density at radius 2 is 2.08 bits per heavy atom. The highest BCUT2D eigenvalue weighted by Gasteiger charge is 2.16. The number of thiophene rings is 1. The normalized spacial score (nSPS) is 12.1. The van der Waals surface area contributed by atoms with Crippen LogP contribution in [-0.2, 0) is 0 Å². The van der Waals surface area contributed by atoms with E-state index in [0.717, 1.165) is 20.8 Å². The van der Waals surface area contributed by atoms with Crippen molar-refractivity contribution in [3.05, 3.63) is 24.4 Å². The van der Waals surface area contributed by atoms with Gasteiger partial charge >= 0.3 is 0 Å². The summed E-state index contributed by atoms with van der Waals surface area (Å²) in [5.41, 5.74) is 2.12. The van der Waals surface area contributed by atoms with Gasteiger partial charge in [-0.2, -0.15) is 5.10 Å². The molecule has 0 radical (unpaired) electrons. The smallest absolute Gasteiger partial charge is 0.255 e. The van der Waals surface area contributed by atoms with Gasteiger partial charge in [-0.1, -0.05) is 0 Å². The number of aromatic amines is 1. The molecule has 3 aromatic rings.